The smallest absolute Gasteiger partial charge is 0.243 e. The number of aliphatic imine (C=N–C) groups is 1. The molecule has 0 aromatic carbocycles. The lowest BCUT2D eigenvalue weighted by Crippen LogP contribution is -2.46. The number of amides is 2. The van der Waals surface area contributed by atoms with Gasteiger partial charge in [0.25, 0.3) is 0 Å². The van der Waals surface area contributed by atoms with E-state index in [1.165, 1.54) is 12.8 Å². The van der Waals surface area contributed by atoms with E-state index in [0.717, 1.165) is 71.6 Å². The fourth-order valence-electron chi connectivity index (χ4n) is 4.48. The molecular weight excluding hydrogens is 396 g/mol. The second-order valence-corrected chi connectivity index (χ2v) is 9.08. The SMILES string of the molecule is CN(C)C(=O)CN=C(NCCCN1CCOCC1)NC1CCN(C(=O)C2CCCC2)C1. The van der Waals surface area contributed by atoms with E-state index in [-0.39, 0.29) is 24.4 Å². The van der Waals surface area contributed by atoms with Crippen molar-refractivity contribution in [2.24, 2.45) is 10.9 Å². The molecule has 3 rings (SSSR count). The number of nitrogens with one attached hydrogen (secondary N) is 2. The Hall–Kier alpha value is -1.87. The van der Waals surface area contributed by atoms with Crippen molar-refractivity contribution in [2.75, 3.05) is 73.1 Å². The van der Waals surface area contributed by atoms with Gasteiger partial charge in [0.1, 0.15) is 6.54 Å². The maximum atomic E-state index is 12.7. The van der Waals surface area contributed by atoms with Gasteiger partial charge in [0, 0.05) is 58.8 Å². The van der Waals surface area contributed by atoms with E-state index in [9.17, 15) is 9.59 Å². The number of guanidine groups is 1. The molecule has 2 saturated heterocycles. The quantitative estimate of drug-likeness (QED) is 0.319. The molecule has 2 amide bonds. The van der Waals surface area contributed by atoms with E-state index in [1.54, 1.807) is 19.0 Å². The molecule has 2 N–H and O–H groups in total. The van der Waals surface area contributed by atoms with Crippen molar-refractivity contribution >= 4 is 17.8 Å². The first kappa shape index (κ1) is 23.8. The second kappa shape index (κ2) is 12.2. The molecule has 1 atom stereocenters. The molecule has 9 nitrogen and oxygen atoms in total. The summed E-state index contributed by atoms with van der Waals surface area (Å²) < 4.78 is 5.40. The monoisotopic (exact) mass is 436 g/mol. The number of carbonyl (C=O) groups excluding carboxylic acids is 2. The number of hydrogen-bond acceptors (Lipinski definition) is 5. The van der Waals surface area contributed by atoms with Crippen molar-refractivity contribution in [1.82, 2.24) is 25.3 Å². The van der Waals surface area contributed by atoms with Crippen LogP contribution in [0.15, 0.2) is 4.99 Å². The molecule has 176 valence electrons. The van der Waals surface area contributed by atoms with Crippen LogP contribution < -0.4 is 10.6 Å². The van der Waals surface area contributed by atoms with Gasteiger partial charge in [0.05, 0.1) is 13.2 Å². The molecule has 1 saturated carbocycles. The average Bonchev–Trinajstić information content (AvgIpc) is 3.47. The lowest BCUT2D eigenvalue weighted by molar-refractivity contribution is -0.134. The highest BCUT2D eigenvalue weighted by molar-refractivity contribution is 5.85. The van der Waals surface area contributed by atoms with E-state index in [4.69, 9.17) is 4.74 Å². The summed E-state index contributed by atoms with van der Waals surface area (Å²) in [6.07, 6.45) is 6.34. The lowest BCUT2D eigenvalue weighted by atomic mass is 10.1. The first-order valence-electron chi connectivity index (χ1n) is 11.9. The van der Waals surface area contributed by atoms with Crippen LogP contribution >= 0.6 is 0 Å². The summed E-state index contributed by atoms with van der Waals surface area (Å²) in [6.45, 7) is 7.04. The van der Waals surface area contributed by atoms with Gasteiger partial charge < -0.3 is 25.2 Å². The Labute approximate surface area is 186 Å². The van der Waals surface area contributed by atoms with Crippen LogP contribution in [0.2, 0.25) is 0 Å². The number of carbonyl (C=O) groups is 2. The summed E-state index contributed by atoms with van der Waals surface area (Å²) in [5.74, 6) is 1.18. The van der Waals surface area contributed by atoms with Gasteiger partial charge in [-0.05, 0) is 32.2 Å². The molecule has 3 fully saturated rings. The minimum Gasteiger partial charge on any atom is -0.379 e. The van der Waals surface area contributed by atoms with Crippen LogP contribution in [0.3, 0.4) is 0 Å². The molecule has 0 aromatic heterocycles. The van der Waals surface area contributed by atoms with Gasteiger partial charge in [-0.2, -0.15) is 0 Å². The molecule has 31 heavy (non-hydrogen) atoms. The largest absolute Gasteiger partial charge is 0.379 e. The number of rotatable bonds is 8. The Morgan fingerprint density at radius 2 is 1.84 bits per heavy atom. The zero-order chi connectivity index (χ0) is 22.1. The van der Waals surface area contributed by atoms with E-state index in [0.29, 0.717) is 18.4 Å². The molecule has 1 unspecified atom stereocenters. The Morgan fingerprint density at radius 1 is 1.10 bits per heavy atom. The van der Waals surface area contributed by atoms with E-state index < -0.39 is 0 Å². The highest BCUT2D eigenvalue weighted by Crippen LogP contribution is 2.27. The number of morpholine rings is 1. The molecule has 2 aliphatic heterocycles. The fraction of sp³-hybridized carbons (Fsp3) is 0.864. The zero-order valence-electron chi connectivity index (χ0n) is 19.3. The van der Waals surface area contributed by atoms with Crippen molar-refractivity contribution in [1.29, 1.82) is 0 Å². The van der Waals surface area contributed by atoms with Crippen LogP contribution in [0.4, 0.5) is 0 Å². The molecule has 0 aromatic rings. The fourth-order valence-corrected chi connectivity index (χ4v) is 4.48. The normalized spacial score (nSPS) is 23.2. The maximum absolute atomic E-state index is 12.7. The minimum atomic E-state index is -0.0288. The molecule has 0 spiro atoms. The summed E-state index contributed by atoms with van der Waals surface area (Å²) in [7, 11) is 3.48. The average molecular weight is 437 g/mol. The molecule has 0 bridgehead atoms. The highest BCUT2D eigenvalue weighted by Gasteiger charge is 2.32. The topological polar surface area (TPSA) is 89.5 Å². The van der Waals surface area contributed by atoms with Gasteiger partial charge >= 0.3 is 0 Å². The second-order valence-electron chi connectivity index (χ2n) is 9.08. The summed E-state index contributed by atoms with van der Waals surface area (Å²) in [6, 6.07) is 0.172. The van der Waals surface area contributed by atoms with Crippen molar-refractivity contribution in [3.8, 4) is 0 Å². The van der Waals surface area contributed by atoms with Crippen LogP contribution in [0.1, 0.15) is 38.5 Å². The van der Waals surface area contributed by atoms with Crippen LogP contribution in [0.5, 0.6) is 0 Å². The van der Waals surface area contributed by atoms with Crippen LogP contribution in [0, 0.1) is 5.92 Å². The third-order valence-corrected chi connectivity index (χ3v) is 6.46. The van der Waals surface area contributed by atoms with Gasteiger partial charge in [-0.15, -0.1) is 0 Å². The van der Waals surface area contributed by atoms with E-state index in [1.807, 2.05) is 4.90 Å². The first-order valence-corrected chi connectivity index (χ1v) is 11.9. The summed E-state index contributed by atoms with van der Waals surface area (Å²) >= 11 is 0. The lowest BCUT2D eigenvalue weighted by Gasteiger charge is -2.26. The van der Waals surface area contributed by atoms with Crippen LogP contribution in [-0.4, -0.2) is 112 Å². The van der Waals surface area contributed by atoms with Crippen molar-refractivity contribution in [2.45, 2.75) is 44.6 Å². The summed E-state index contributed by atoms with van der Waals surface area (Å²) in [5.41, 5.74) is 0. The maximum Gasteiger partial charge on any atom is 0.243 e. The number of likely N-dealkylation sites (N-methyl/N-ethyl adjacent to an activating group) is 1. The van der Waals surface area contributed by atoms with Gasteiger partial charge in [0.2, 0.25) is 11.8 Å². The Kier molecular flexibility index (Phi) is 9.39. The zero-order valence-corrected chi connectivity index (χ0v) is 19.3. The third kappa shape index (κ3) is 7.64. The molecule has 0 radical (unpaired) electrons. The Balaban J connectivity index is 1.46. The predicted molar refractivity (Wildman–Crippen MR) is 121 cm³/mol. The minimum absolute atomic E-state index is 0.0288. The van der Waals surface area contributed by atoms with Gasteiger partial charge in [-0.25, -0.2) is 4.99 Å². The van der Waals surface area contributed by atoms with Crippen molar-refractivity contribution < 1.29 is 14.3 Å². The van der Waals surface area contributed by atoms with Crippen LogP contribution in [0.25, 0.3) is 0 Å². The molecule has 2 heterocycles. The number of likely N-dealkylation sites (tertiary alicyclic amines) is 1. The number of ether oxygens (including phenoxy) is 1. The van der Waals surface area contributed by atoms with Gasteiger partial charge in [-0.1, -0.05) is 12.8 Å². The molecule has 3 aliphatic rings. The predicted octanol–water partition coefficient (Wildman–Crippen LogP) is 0.123. The number of hydrogen-bond donors (Lipinski definition) is 2. The van der Waals surface area contributed by atoms with Crippen molar-refractivity contribution in [3.05, 3.63) is 0 Å². The molecular formula is C22H40N6O3. The van der Waals surface area contributed by atoms with E-state index in [2.05, 4.69) is 20.5 Å². The Morgan fingerprint density at radius 3 is 2.55 bits per heavy atom. The molecule has 9 heteroatoms. The van der Waals surface area contributed by atoms with Gasteiger partial charge in [0.15, 0.2) is 5.96 Å². The van der Waals surface area contributed by atoms with Crippen LogP contribution in [-0.2, 0) is 14.3 Å². The number of nitrogens with zero attached hydrogens (tertiary/aromatic N) is 4. The van der Waals surface area contributed by atoms with E-state index >= 15 is 0 Å². The summed E-state index contributed by atoms with van der Waals surface area (Å²) in [4.78, 5) is 35.2. The Bertz CT molecular complexity index is 614. The van der Waals surface area contributed by atoms with Gasteiger partial charge in [-0.3, -0.25) is 14.5 Å². The summed E-state index contributed by atoms with van der Waals surface area (Å²) in [5, 5.41) is 6.85. The third-order valence-electron chi connectivity index (χ3n) is 6.46. The standard InChI is InChI=1S/C22H40N6O3/c1-26(2)20(29)16-24-22(23-9-5-10-27-12-14-31-15-13-27)25-19-8-11-28(17-19)21(30)18-6-3-4-7-18/h18-19H,3-17H2,1-2H3,(H2,23,24,25). The highest BCUT2D eigenvalue weighted by atomic mass is 16.5. The first-order chi connectivity index (χ1) is 15.0. The molecule has 1 aliphatic carbocycles. The van der Waals surface area contributed by atoms with Crippen molar-refractivity contribution in [3.63, 3.8) is 0 Å².